The number of fused-ring (bicyclic) bond motifs is 3. The number of ether oxygens (including phenoxy) is 3. The molecule has 2 aromatic heterocycles. The van der Waals surface area contributed by atoms with Crippen LogP contribution in [0.4, 0.5) is 15.0 Å². The summed E-state index contributed by atoms with van der Waals surface area (Å²) in [7, 11) is 2.58. The van der Waals surface area contributed by atoms with Gasteiger partial charge >= 0.3 is 12.1 Å². The summed E-state index contributed by atoms with van der Waals surface area (Å²) in [6.45, 7) is 10.5. The van der Waals surface area contributed by atoms with E-state index < -0.39 is 29.0 Å². The number of methoxy groups -OCH3 is 2. The predicted octanol–water partition coefficient (Wildman–Crippen LogP) is 3.54. The van der Waals surface area contributed by atoms with Crippen LogP contribution in [0.5, 0.6) is 5.75 Å². The number of hydrogen-bond acceptors (Lipinski definition) is 9. The van der Waals surface area contributed by atoms with Crippen molar-refractivity contribution in [3.05, 3.63) is 51.2 Å². The van der Waals surface area contributed by atoms with Crippen molar-refractivity contribution >= 4 is 34.7 Å². The summed E-state index contributed by atoms with van der Waals surface area (Å²) in [5.41, 5.74) is -0.273. The number of benzene rings is 1. The van der Waals surface area contributed by atoms with Crippen molar-refractivity contribution in [3.63, 3.8) is 0 Å². The number of rotatable bonds is 10. The number of carbonyl (C=O) groups is 3. The molecule has 3 heterocycles. The van der Waals surface area contributed by atoms with Gasteiger partial charge in [0.1, 0.15) is 22.3 Å². The Balaban J connectivity index is 1.79. The van der Waals surface area contributed by atoms with Crippen LogP contribution in [0.25, 0.3) is 10.9 Å². The highest BCUT2D eigenvalue weighted by Crippen LogP contribution is 2.39. The summed E-state index contributed by atoms with van der Waals surface area (Å²) in [6.07, 6.45) is -0.0556. The second kappa shape index (κ2) is 12.9. The normalized spacial score (nSPS) is 14.8. The van der Waals surface area contributed by atoms with E-state index in [1.54, 1.807) is 30.2 Å². The van der Waals surface area contributed by atoms with E-state index in [9.17, 15) is 23.6 Å². The van der Waals surface area contributed by atoms with Crippen LogP contribution in [0.15, 0.2) is 23.0 Å². The van der Waals surface area contributed by atoms with Gasteiger partial charge in [-0.1, -0.05) is 6.07 Å². The highest BCUT2D eigenvalue weighted by molar-refractivity contribution is 6.07. The molecule has 2 amide bonds. The Hall–Kier alpha value is -4.62. The number of amides is 2. The summed E-state index contributed by atoms with van der Waals surface area (Å²) in [6, 6.07) is 3.41. The van der Waals surface area contributed by atoms with Crippen LogP contribution < -0.4 is 20.9 Å². The Morgan fingerprint density at radius 2 is 1.89 bits per heavy atom. The van der Waals surface area contributed by atoms with E-state index in [4.69, 9.17) is 14.2 Å². The van der Waals surface area contributed by atoms with E-state index in [0.29, 0.717) is 49.5 Å². The molecule has 4 rings (SSSR count). The molecule has 44 heavy (non-hydrogen) atoms. The molecule has 0 fully saturated rings. The molecule has 1 aliphatic rings. The minimum atomic E-state index is -0.763. The van der Waals surface area contributed by atoms with Crippen molar-refractivity contribution in [1.29, 1.82) is 0 Å². The van der Waals surface area contributed by atoms with E-state index in [2.05, 4.69) is 15.7 Å². The van der Waals surface area contributed by atoms with Crippen molar-refractivity contribution in [2.45, 2.75) is 59.2 Å². The summed E-state index contributed by atoms with van der Waals surface area (Å²) < 4.78 is 32.8. The Bertz CT molecular complexity index is 1640. The first-order valence-electron chi connectivity index (χ1n) is 14.4. The molecule has 3 aromatic rings. The number of aromatic nitrogens is 3. The van der Waals surface area contributed by atoms with Gasteiger partial charge in [-0.05, 0) is 58.7 Å². The molecule has 1 aromatic carbocycles. The lowest BCUT2D eigenvalue weighted by Gasteiger charge is -2.32. The third-order valence-electron chi connectivity index (χ3n) is 7.17. The van der Waals surface area contributed by atoms with Gasteiger partial charge in [-0.2, -0.15) is 0 Å². The van der Waals surface area contributed by atoms with Gasteiger partial charge in [0.15, 0.2) is 17.3 Å². The predicted molar refractivity (Wildman–Crippen MR) is 161 cm³/mol. The second-order valence-electron chi connectivity index (χ2n) is 11.5. The highest BCUT2D eigenvalue weighted by Gasteiger charge is 2.37. The molecule has 2 N–H and O–H groups in total. The Morgan fingerprint density at radius 3 is 2.52 bits per heavy atom. The number of nitrogens with zero attached hydrogens (tertiary/aromatic N) is 4. The van der Waals surface area contributed by atoms with Gasteiger partial charge in [-0.15, -0.1) is 5.10 Å². The van der Waals surface area contributed by atoms with Crippen molar-refractivity contribution in [2.75, 3.05) is 45.7 Å². The maximum atomic E-state index is 14.0. The SMILES string of the molecule is CCN1C[C@H](C)n2c(c(OC)c3c(=O)n(Cc4ccc(F)cc4C(=O)OC)nc(NCCCNC(=O)OC(C)(C)C)c32)C1=O. The fourth-order valence-electron chi connectivity index (χ4n) is 5.26. The van der Waals surface area contributed by atoms with Gasteiger partial charge in [0.05, 0.1) is 26.3 Å². The molecular weight excluding hydrogens is 575 g/mol. The molecular formula is C30H39FN6O7. The molecule has 1 atom stereocenters. The van der Waals surface area contributed by atoms with Crippen molar-refractivity contribution in [3.8, 4) is 5.75 Å². The maximum absolute atomic E-state index is 14.0. The molecule has 0 saturated heterocycles. The minimum absolute atomic E-state index is 0.0467. The van der Waals surface area contributed by atoms with E-state index in [1.807, 2.05) is 13.8 Å². The largest absolute Gasteiger partial charge is 0.493 e. The molecule has 1 aliphatic heterocycles. The van der Waals surface area contributed by atoms with Crippen molar-refractivity contribution < 1.29 is 33.0 Å². The zero-order chi connectivity index (χ0) is 32.3. The average Bonchev–Trinajstić information content (AvgIpc) is 3.33. The standard InChI is InChI=1S/C30H39FN6O7/c1-8-35-15-17(2)37-22-21(24(42-6)23(37)27(35)39)26(38)36(16-18-10-11-19(31)14-20(18)28(40)43-7)34-25(22)32-12-9-13-33-29(41)44-30(3,4)5/h10-11,14,17H,8-9,12-13,15-16H2,1-7H3,(H,32,34)(H,33,41)/t17-/m0/s1. The number of alkyl carbamates (subject to hydrolysis) is 1. The summed E-state index contributed by atoms with van der Waals surface area (Å²) in [5, 5.41) is 10.7. The first kappa shape index (κ1) is 32.3. The van der Waals surface area contributed by atoms with E-state index >= 15 is 0 Å². The van der Waals surface area contributed by atoms with E-state index in [1.165, 1.54) is 26.4 Å². The quantitative estimate of drug-likeness (QED) is 0.259. The molecule has 14 heteroatoms. The van der Waals surface area contributed by atoms with Gasteiger partial charge in [-0.25, -0.2) is 18.7 Å². The third kappa shape index (κ3) is 6.48. The number of halogens is 1. The van der Waals surface area contributed by atoms with Crippen molar-refractivity contribution in [2.24, 2.45) is 0 Å². The van der Waals surface area contributed by atoms with Gasteiger partial charge in [0.2, 0.25) is 0 Å². The molecule has 0 saturated carbocycles. The fourth-order valence-corrected chi connectivity index (χ4v) is 5.26. The van der Waals surface area contributed by atoms with Crippen LogP contribution in [0, 0.1) is 5.82 Å². The first-order valence-corrected chi connectivity index (χ1v) is 14.4. The molecule has 238 valence electrons. The van der Waals surface area contributed by atoms with Crippen molar-refractivity contribution in [1.82, 2.24) is 24.6 Å². The Morgan fingerprint density at radius 1 is 1.16 bits per heavy atom. The monoisotopic (exact) mass is 614 g/mol. The first-order chi connectivity index (χ1) is 20.8. The fraction of sp³-hybridized carbons (Fsp3) is 0.500. The molecule has 0 unspecified atom stereocenters. The van der Waals surface area contributed by atoms with Crippen LogP contribution in [0.2, 0.25) is 0 Å². The summed E-state index contributed by atoms with van der Waals surface area (Å²) in [5.74, 6) is -1.25. The van der Waals surface area contributed by atoms with E-state index in [-0.39, 0.29) is 40.9 Å². The van der Waals surface area contributed by atoms with Gasteiger partial charge in [-0.3, -0.25) is 9.59 Å². The lowest BCUT2D eigenvalue weighted by molar-refractivity contribution is 0.0526. The molecule has 13 nitrogen and oxygen atoms in total. The molecule has 0 aliphatic carbocycles. The van der Waals surface area contributed by atoms with Crippen LogP contribution in [0.3, 0.4) is 0 Å². The Labute approximate surface area is 254 Å². The summed E-state index contributed by atoms with van der Waals surface area (Å²) in [4.78, 5) is 53.7. The molecule has 0 spiro atoms. The number of hydrogen-bond donors (Lipinski definition) is 2. The number of likely N-dealkylation sites (N-methyl/N-ethyl adjacent to an activating group) is 1. The topological polar surface area (TPSA) is 146 Å². The zero-order valence-electron chi connectivity index (χ0n) is 26.1. The highest BCUT2D eigenvalue weighted by atomic mass is 19.1. The number of nitrogens with one attached hydrogen (secondary N) is 2. The lowest BCUT2D eigenvalue weighted by atomic mass is 10.1. The minimum Gasteiger partial charge on any atom is -0.493 e. The van der Waals surface area contributed by atoms with Crippen LogP contribution >= 0.6 is 0 Å². The average molecular weight is 615 g/mol. The smallest absolute Gasteiger partial charge is 0.407 e. The molecule has 0 bridgehead atoms. The lowest BCUT2D eigenvalue weighted by Crippen LogP contribution is -2.42. The van der Waals surface area contributed by atoms with E-state index in [0.717, 1.165) is 10.7 Å². The summed E-state index contributed by atoms with van der Waals surface area (Å²) >= 11 is 0. The van der Waals surface area contributed by atoms with Gasteiger partial charge in [0.25, 0.3) is 11.5 Å². The van der Waals surface area contributed by atoms with Crippen LogP contribution in [-0.4, -0.2) is 83.2 Å². The van der Waals surface area contributed by atoms with Crippen LogP contribution in [-0.2, 0) is 16.0 Å². The Kier molecular flexibility index (Phi) is 9.50. The zero-order valence-corrected chi connectivity index (χ0v) is 26.1. The molecule has 0 radical (unpaired) electrons. The number of esters is 1. The maximum Gasteiger partial charge on any atom is 0.407 e. The third-order valence-corrected chi connectivity index (χ3v) is 7.17. The van der Waals surface area contributed by atoms with Gasteiger partial charge < -0.3 is 34.3 Å². The van der Waals surface area contributed by atoms with Crippen LogP contribution in [0.1, 0.15) is 73.5 Å². The number of anilines is 1. The second-order valence-corrected chi connectivity index (χ2v) is 11.5. The van der Waals surface area contributed by atoms with Gasteiger partial charge in [0, 0.05) is 32.2 Å². The number of carbonyl (C=O) groups excluding carboxylic acids is 3.